The van der Waals surface area contributed by atoms with Crippen molar-refractivity contribution in [2.24, 2.45) is 0 Å². The first-order valence-corrected chi connectivity index (χ1v) is 9.18. The summed E-state index contributed by atoms with van der Waals surface area (Å²) in [4.78, 5) is 24.1. The second-order valence-electron chi connectivity index (χ2n) is 6.19. The van der Waals surface area contributed by atoms with E-state index in [0.717, 1.165) is 11.4 Å². The highest BCUT2D eigenvalue weighted by Gasteiger charge is 2.08. The van der Waals surface area contributed by atoms with E-state index < -0.39 is 0 Å². The summed E-state index contributed by atoms with van der Waals surface area (Å²) in [6, 6.07) is 21.4. The number of esters is 1. The quantitative estimate of drug-likeness (QED) is 0.563. The number of benzene rings is 3. The van der Waals surface area contributed by atoms with Crippen molar-refractivity contribution < 1.29 is 19.1 Å². The van der Waals surface area contributed by atoms with Crippen LogP contribution in [-0.2, 0) is 4.74 Å². The number of carbonyl (C=O) groups excluding carboxylic acids is 2. The van der Waals surface area contributed by atoms with Crippen molar-refractivity contribution in [3.8, 4) is 5.75 Å². The fourth-order valence-electron chi connectivity index (χ4n) is 2.68. The van der Waals surface area contributed by atoms with Gasteiger partial charge in [0.2, 0.25) is 0 Å². The second-order valence-corrected chi connectivity index (χ2v) is 6.19. The number of ether oxygens (including phenoxy) is 2. The lowest BCUT2D eigenvalue weighted by atomic mass is 10.2. The van der Waals surface area contributed by atoms with E-state index in [9.17, 15) is 9.59 Å². The summed E-state index contributed by atoms with van der Waals surface area (Å²) in [7, 11) is 1.56. The molecule has 6 heteroatoms. The first-order valence-electron chi connectivity index (χ1n) is 9.18. The average molecular weight is 390 g/mol. The highest BCUT2D eigenvalue weighted by molar-refractivity contribution is 6.04. The number of hydrogen-bond donors (Lipinski definition) is 2. The number of methoxy groups -OCH3 is 1. The van der Waals surface area contributed by atoms with Gasteiger partial charge in [0.25, 0.3) is 5.91 Å². The lowest BCUT2D eigenvalue weighted by Gasteiger charge is -2.10. The van der Waals surface area contributed by atoms with Gasteiger partial charge >= 0.3 is 5.97 Å². The average Bonchev–Trinajstić information content (AvgIpc) is 2.76. The van der Waals surface area contributed by atoms with Crippen molar-refractivity contribution in [2.45, 2.75) is 6.92 Å². The molecule has 0 spiro atoms. The van der Waals surface area contributed by atoms with Gasteiger partial charge in [0.1, 0.15) is 5.75 Å². The van der Waals surface area contributed by atoms with Gasteiger partial charge in [0, 0.05) is 22.6 Å². The number of amides is 1. The molecule has 1 amide bonds. The topological polar surface area (TPSA) is 76.7 Å². The Hall–Kier alpha value is -3.80. The minimum absolute atomic E-state index is 0.209. The van der Waals surface area contributed by atoms with Crippen LogP contribution in [0, 0.1) is 0 Å². The Kier molecular flexibility index (Phi) is 6.47. The minimum Gasteiger partial charge on any atom is -0.497 e. The summed E-state index contributed by atoms with van der Waals surface area (Å²) < 4.78 is 10.1. The van der Waals surface area contributed by atoms with Crippen LogP contribution < -0.4 is 15.4 Å². The molecule has 0 unspecified atom stereocenters. The molecule has 0 aliphatic rings. The standard InChI is InChI=1S/C23H22N2O4/c1-3-29-23(27)16-7-9-18(10-8-16)24-19-11-13-20(14-12-19)25-22(26)17-5-4-6-21(15-17)28-2/h4-15,24H,3H2,1-2H3,(H,25,26). The van der Waals surface area contributed by atoms with Gasteiger partial charge in [0.15, 0.2) is 0 Å². The summed E-state index contributed by atoms with van der Waals surface area (Å²) >= 11 is 0. The van der Waals surface area contributed by atoms with E-state index in [2.05, 4.69) is 10.6 Å². The van der Waals surface area contributed by atoms with E-state index in [1.807, 2.05) is 36.4 Å². The molecule has 0 aromatic heterocycles. The molecule has 29 heavy (non-hydrogen) atoms. The summed E-state index contributed by atoms with van der Waals surface area (Å²) in [5.41, 5.74) is 3.40. The Morgan fingerprint density at radius 2 is 1.45 bits per heavy atom. The molecule has 0 bridgehead atoms. The molecule has 3 aromatic rings. The number of carbonyl (C=O) groups is 2. The number of anilines is 3. The zero-order valence-electron chi connectivity index (χ0n) is 16.3. The Balaban J connectivity index is 1.61. The predicted molar refractivity (Wildman–Crippen MR) is 113 cm³/mol. The van der Waals surface area contributed by atoms with E-state index in [4.69, 9.17) is 9.47 Å². The Morgan fingerprint density at radius 3 is 2.07 bits per heavy atom. The molecule has 0 saturated carbocycles. The van der Waals surface area contributed by atoms with Gasteiger partial charge in [-0.05, 0) is 73.7 Å². The van der Waals surface area contributed by atoms with Crippen molar-refractivity contribution in [1.29, 1.82) is 0 Å². The third-order valence-corrected chi connectivity index (χ3v) is 4.16. The molecule has 0 aliphatic carbocycles. The SMILES string of the molecule is CCOC(=O)c1ccc(Nc2ccc(NC(=O)c3cccc(OC)c3)cc2)cc1. The number of rotatable bonds is 7. The van der Waals surface area contributed by atoms with Crippen molar-refractivity contribution in [3.05, 3.63) is 83.9 Å². The van der Waals surface area contributed by atoms with Crippen LogP contribution >= 0.6 is 0 Å². The maximum atomic E-state index is 12.4. The van der Waals surface area contributed by atoms with Crippen molar-refractivity contribution >= 4 is 28.9 Å². The summed E-state index contributed by atoms with van der Waals surface area (Å²) in [6.07, 6.45) is 0. The molecule has 6 nitrogen and oxygen atoms in total. The van der Waals surface area contributed by atoms with Gasteiger partial charge in [0.05, 0.1) is 19.3 Å². The maximum absolute atomic E-state index is 12.4. The Bertz CT molecular complexity index is 983. The molecule has 3 rings (SSSR count). The molecule has 0 saturated heterocycles. The van der Waals surface area contributed by atoms with E-state index >= 15 is 0 Å². The number of hydrogen-bond acceptors (Lipinski definition) is 5. The lowest BCUT2D eigenvalue weighted by Crippen LogP contribution is -2.11. The van der Waals surface area contributed by atoms with Crippen molar-refractivity contribution in [3.63, 3.8) is 0 Å². The van der Waals surface area contributed by atoms with Crippen LogP contribution in [0.1, 0.15) is 27.6 Å². The van der Waals surface area contributed by atoms with Crippen LogP contribution in [0.2, 0.25) is 0 Å². The third kappa shape index (κ3) is 5.35. The maximum Gasteiger partial charge on any atom is 0.338 e. The lowest BCUT2D eigenvalue weighted by molar-refractivity contribution is 0.0526. The highest BCUT2D eigenvalue weighted by atomic mass is 16.5. The molecular weight excluding hydrogens is 368 g/mol. The molecule has 0 atom stereocenters. The molecule has 0 heterocycles. The monoisotopic (exact) mass is 390 g/mol. The number of nitrogens with one attached hydrogen (secondary N) is 2. The van der Waals surface area contributed by atoms with Crippen LogP contribution in [0.15, 0.2) is 72.8 Å². The summed E-state index contributed by atoms with van der Waals surface area (Å²) in [5.74, 6) is 0.0838. The molecule has 2 N–H and O–H groups in total. The van der Waals surface area contributed by atoms with Gasteiger partial charge in [-0.15, -0.1) is 0 Å². The van der Waals surface area contributed by atoms with Gasteiger partial charge in [-0.25, -0.2) is 4.79 Å². The fourth-order valence-corrected chi connectivity index (χ4v) is 2.68. The van der Waals surface area contributed by atoms with E-state index in [-0.39, 0.29) is 11.9 Å². The molecule has 0 fully saturated rings. The van der Waals surface area contributed by atoms with Gasteiger partial charge in [-0.3, -0.25) is 4.79 Å². The van der Waals surface area contributed by atoms with E-state index in [1.165, 1.54) is 0 Å². The van der Waals surface area contributed by atoms with Crippen LogP contribution in [-0.4, -0.2) is 25.6 Å². The predicted octanol–water partition coefficient (Wildman–Crippen LogP) is 4.87. The van der Waals surface area contributed by atoms with Gasteiger partial charge < -0.3 is 20.1 Å². The zero-order valence-corrected chi connectivity index (χ0v) is 16.3. The molecule has 148 valence electrons. The summed E-state index contributed by atoms with van der Waals surface area (Å²) in [5, 5.41) is 6.11. The summed E-state index contributed by atoms with van der Waals surface area (Å²) in [6.45, 7) is 2.12. The van der Waals surface area contributed by atoms with Crippen LogP contribution in [0.4, 0.5) is 17.1 Å². The van der Waals surface area contributed by atoms with Crippen LogP contribution in [0.25, 0.3) is 0 Å². The minimum atomic E-state index is -0.338. The molecular formula is C23H22N2O4. The highest BCUT2D eigenvalue weighted by Crippen LogP contribution is 2.21. The largest absolute Gasteiger partial charge is 0.497 e. The second kappa shape index (κ2) is 9.41. The van der Waals surface area contributed by atoms with Crippen molar-refractivity contribution in [2.75, 3.05) is 24.4 Å². The zero-order chi connectivity index (χ0) is 20.6. The van der Waals surface area contributed by atoms with E-state index in [1.54, 1.807) is 50.4 Å². The fraction of sp³-hybridized carbons (Fsp3) is 0.130. The van der Waals surface area contributed by atoms with E-state index in [0.29, 0.717) is 29.2 Å². The van der Waals surface area contributed by atoms with Crippen LogP contribution in [0.3, 0.4) is 0 Å². The molecule has 0 aliphatic heterocycles. The smallest absolute Gasteiger partial charge is 0.338 e. The first kappa shape index (κ1) is 19.9. The molecule has 0 radical (unpaired) electrons. The molecule has 3 aromatic carbocycles. The Labute approximate surface area is 169 Å². The Morgan fingerprint density at radius 1 is 0.828 bits per heavy atom. The first-order chi connectivity index (χ1) is 14.1. The normalized spacial score (nSPS) is 10.1. The third-order valence-electron chi connectivity index (χ3n) is 4.16. The van der Waals surface area contributed by atoms with Crippen LogP contribution in [0.5, 0.6) is 5.75 Å². The van der Waals surface area contributed by atoms with Crippen molar-refractivity contribution in [1.82, 2.24) is 0 Å². The van der Waals surface area contributed by atoms with Gasteiger partial charge in [-0.1, -0.05) is 6.07 Å². The van der Waals surface area contributed by atoms with Gasteiger partial charge in [-0.2, -0.15) is 0 Å².